The largest absolute Gasteiger partial charge is 0.596 e. The lowest BCUT2D eigenvalue weighted by Crippen LogP contribution is -2.51. The molecule has 2 rings (SSSR count). The zero-order valence-electron chi connectivity index (χ0n) is 14.3. The van der Waals surface area contributed by atoms with E-state index in [2.05, 4.69) is 11.0 Å². The van der Waals surface area contributed by atoms with Crippen molar-refractivity contribution in [2.75, 3.05) is 19.6 Å². The van der Waals surface area contributed by atoms with Gasteiger partial charge in [0.2, 0.25) is 0 Å². The summed E-state index contributed by atoms with van der Waals surface area (Å²) in [5.41, 5.74) is 0.604. The molecule has 0 unspecified atom stereocenters. The molecule has 1 heterocycles. The number of amides is 1. The molecule has 0 atom stereocenters. The van der Waals surface area contributed by atoms with Crippen molar-refractivity contribution in [3.8, 4) is 6.07 Å². The molecule has 0 bridgehead atoms. The maximum atomic E-state index is 12.2. The van der Waals surface area contributed by atoms with E-state index in [1.54, 1.807) is 4.58 Å². The molecular weight excluding hydrogens is 278 g/mol. The fraction of sp³-hybridized carbons (Fsp3) is 0.824. The van der Waals surface area contributed by atoms with E-state index in [0.29, 0.717) is 12.6 Å². The van der Waals surface area contributed by atoms with E-state index in [0.717, 1.165) is 44.5 Å². The quantitative estimate of drug-likeness (QED) is 0.699. The molecule has 0 radical (unpaired) electrons. The molecule has 1 fully saturated rings. The van der Waals surface area contributed by atoms with Crippen molar-refractivity contribution in [1.82, 2.24) is 4.90 Å². The van der Waals surface area contributed by atoms with Gasteiger partial charge in [-0.3, -0.25) is 4.90 Å². The van der Waals surface area contributed by atoms with Gasteiger partial charge in [-0.15, -0.1) is 4.58 Å². The van der Waals surface area contributed by atoms with Crippen LogP contribution in [0.25, 0.3) is 0 Å². The molecule has 0 saturated heterocycles. The van der Waals surface area contributed by atoms with Crippen LogP contribution in [0.4, 0.5) is 4.79 Å². The first kappa shape index (κ1) is 17.0. The molecule has 22 heavy (non-hydrogen) atoms. The maximum Gasteiger partial charge on any atom is 0.596 e. The van der Waals surface area contributed by atoms with E-state index in [-0.39, 0.29) is 12.0 Å². The van der Waals surface area contributed by atoms with Crippen LogP contribution in [-0.4, -0.2) is 52.6 Å². The monoisotopic (exact) mass is 306 g/mol. The zero-order valence-corrected chi connectivity index (χ0v) is 14.3. The van der Waals surface area contributed by atoms with Crippen LogP contribution in [0.15, 0.2) is 0 Å². The van der Waals surface area contributed by atoms with Gasteiger partial charge in [-0.25, -0.2) is 0 Å². The summed E-state index contributed by atoms with van der Waals surface area (Å²) in [6.45, 7) is 10.1. The molecule has 1 amide bonds. The first-order chi connectivity index (χ1) is 10.3. The van der Waals surface area contributed by atoms with Crippen LogP contribution in [0.2, 0.25) is 0 Å². The number of hydrogen-bond donors (Lipinski definition) is 0. The molecule has 122 valence electrons. The lowest BCUT2D eigenvalue weighted by Gasteiger charge is -2.36. The third-order valence-electron chi connectivity index (χ3n) is 4.51. The number of ether oxygens (including phenoxy) is 1. The average molecular weight is 306 g/mol. The lowest BCUT2D eigenvalue weighted by molar-refractivity contribution is -0.459. The van der Waals surface area contributed by atoms with Crippen LogP contribution in [0.5, 0.6) is 0 Å². The Balaban J connectivity index is 1.95. The van der Waals surface area contributed by atoms with E-state index in [9.17, 15) is 4.79 Å². The summed E-state index contributed by atoms with van der Waals surface area (Å²) in [7, 11) is 0. The first-order valence-electron chi connectivity index (χ1n) is 8.27. The average Bonchev–Trinajstić information content (AvgIpc) is 2.45. The summed E-state index contributed by atoms with van der Waals surface area (Å²) in [6, 6.07) is 2.94. The normalized spacial score (nSPS) is 27.4. The van der Waals surface area contributed by atoms with Crippen molar-refractivity contribution >= 4 is 11.8 Å². The van der Waals surface area contributed by atoms with Crippen LogP contribution >= 0.6 is 0 Å². The Labute approximate surface area is 133 Å². The third-order valence-corrected chi connectivity index (χ3v) is 4.51. The number of hydrogen-bond acceptors (Lipinski definition) is 4. The molecule has 1 aliphatic carbocycles. The van der Waals surface area contributed by atoms with Crippen molar-refractivity contribution in [2.24, 2.45) is 5.92 Å². The van der Waals surface area contributed by atoms with Gasteiger partial charge in [0, 0.05) is 18.9 Å². The fourth-order valence-electron chi connectivity index (χ4n) is 3.32. The number of nitriles is 1. The fourth-order valence-corrected chi connectivity index (χ4v) is 3.32. The molecule has 0 aromatic rings. The smallest absolute Gasteiger partial charge is 0.406 e. The van der Waals surface area contributed by atoms with E-state index in [1.165, 1.54) is 0 Å². The molecule has 0 N–H and O–H groups in total. The second kappa shape index (κ2) is 6.78. The first-order valence-corrected chi connectivity index (χ1v) is 8.27. The van der Waals surface area contributed by atoms with E-state index < -0.39 is 5.60 Å². The highest BCUT2D eigenvalue weighted by Crippen LogP contribution is 2.27. The number of carbonyl (C=O) groups is 1. The zero-order chi connectivity index (χ0) is 16.3. The third kappa shape index (κ3) is 4.30. The van der Waals surface area contributed by atoms with Gasteiger partial charge in [-0.2, -0.15) is 10.1 Å². The summed E-state index contributed by atoms with van der Waals surface area (Å²) in [4.78, 5) is 14.7. The summed E-state index contributed by atoms with van der Waals surface area (Å²) < 4.78 is 7.24. The Bertz CT molecular complexity index is 491. The van der Waals surface area contributed by atoms with E-state index in [4.69, 9.17) is 10.00 Å². The summed E-state index contributed by atoms with van der Waals surface area (Å²) >= 11 is 0. The van der Waals surface area contributed by atoms with Gasteiger partial charge in [0.25, 0.3) is 0 Å². The highest BCUT2D eigenvalue weighted by Gasteiger charge is 2.35. The molecule has 1 saturated carbocycles. The van der Waals surface area contributed by atoms with Crippen LogP contribution in [-0.2, 0) is 4.74 Å². The SMILES string of the molecule is CC1=[N+](C(=O)OC(C)(C)C)CCN(C2CCC(C#N)CC2)C1. The predicted molar refractivity (Wildman–Crippen MR) is 85.0 cm³/mol. The van der Waals surface area contributed by atoms with Gasteiger partial charge in [0.15, 0.2) is 12.3 Å². The molecule has 2 aliphatic rings. The maximum absolute atomic E-state index is 12.2. The molecule has 0 spiro atoms. The van der Waals surface area contributed by atoms with E-state index >= 15 is 0 Å². The van der Waals surface area contributed by atoms with Crippen LogP contribution < -0.4 is 0 Å². The Morgan fingerprint density at radius 3 is 2.45 bits per heavy atom. The molecule has 1 aliphatic heterocycles. The van der Waals surface area contributed by atoms with Crippen molar-refractivity contribution in [3.05, 3.63) is 0 Å². The molecule has 0 aromatic heterocycles. The second-order valence-corrected chi connectivity index (χ2v) is 7.47. The topological polar surface area (TPSA) is 56.3 Å². The van der Waals surface area contributed by atoms with Crippen molar-refractivity contribution in [2.45, 2.75) is 65.0 Å². The van der Waals surface area contributed by atoms with Crippen LogP contribution in [0.3, 0.4) is 0 Å². The Morgan fingerprint density at radius 1 is 1.32 bits per heavy atom. The molecule has 5 nitrogen and oxygen atoms in total. The Hall–Kier alpha value is -1.41. The van der Waals surface area contributed by atoms with Gasteiger partial charge >= 0.3 is 6.09 Å². The standard InChI is InChI=1S/C17H28N3O2/c1-13-12-19(15-7-5-14(11-18)6-8-15)9-10-20(13)16(21)22-17(2,3)4/h14-15H,5-10,12H2,1-4H3/q+1. The van der Waals surface area contributed by atoms with Crippen LogP contribution in [0, 0.1) is 17.2 Å². The van der Waals surface area contributed by atoms with Crippen molar-refractivity contribution in [3.63, 3.8) is 0 Å². The van der Waals surface area contributed by atoms with Gasteiger partial charge in [-0.05, 0) is 46.5 Å². The second-order valence-electron chi connectivity index (χ2n) is 7.47. The molecular formula is C17H28N3O2+. The summed E-state index contributed by atoms with van der Waals surface area (Å²) in [6.07, 6.45) is 3.97. The minimum Gasteiger partial charge on any atom is -0.406 e. The van der Waals surface area contributed by atoms with Gasteiger partial charge in [0.05, 0.1) is 19.2 Å². The van der Waals surface area contributed by atoms with Gasteiger partial charge in [-0.1, -0.05) is 0 Å². The number of carbonyl (C=O) groups excluding carboxylic acids is 1. The number of nitrogens with zero attached hydrogens (tertiary/aromatic N) is 3. The van der Waals surface area contributed by atoms with E-state index in [1.807, 2.05) is 27.7 Å². The minimum absolute atomic E-state index is 0.238. The van der Waals surface area contributed by atoms with Crippen molar-refractivity contribution < 1.29 is 14.1 Å². The highest BCUT2D eigenvalue weighted by atomic mass is 16.6. The summed E-state index contributed by atoms with van der Waals surface area (Å²) in [5.74, 6) is 0.240. The lowest BCUT2D eigenvalue weighted by atomic mass is 9.86. The summed E-state index contributed by atoms with van der Waals surface area (Å²) in [5, 5.41) is 8.99. The number of rotatable bonds is 1. The predicted octanol–water partition coefficient (Wildman–Crippen LogP) is 2.79. The molecule has 0 aromatic carbocycles. The minimum atomic E-state index is -0.454. The Morgan fingerprint density at radius 2 is 1.95 bits per heavy atom. The highest BCUT2D eigenvalue weighted by molar-refractivity contribution is 5.83. The van der Waals surface area contributed by atoms with Crippen LogP contribution in [0.1, 0.15) is 53.4 Å². The molecule has 5 heteroatoms. The van der Waals surface area contributed by atoms with Gasteiger partial charge < -0.3 is 4.74 Å². The van der Waals surface area contributed by atoms with Gasteiger partial charge in [0.1, 0.15) is 5.60 Å². The Kier molecular flexibility index (Phi) is 5.23. The van der Waals surface area contributed by atoms with Crippen molar-refractivity contribution in [1.29, 1.82) is 5.26 Å².